The topological polar surface area (TPSA) is 37.4 Å². The van der Waals surface area contributed by atoms with Crippen LogP contribution in [0.25, 0.3) is 6.08 Å². The number of allylic oxidation sites excluding steroid dienone is 3. The van der Waals surface area contributed by atoms with Gasteiger partial charge in [-0.3, -0.25) is 14.5 Å². The number of aryl methyl sites for hydroxylation is 2. The zero-order valence-electron chi connectivity index (χ0n) is 16.4. The molecular weight excluding hydrogens is 346 g/mol. The van der Waals surface area contributed by atoms with Gasteiger partial charge in [-0.15, -0.1) is 0 Å². The Hall–Kier alpha value is -2.94. The number of anilines is 1. The van der Waals surface area contributed by atoms with E-state index in [-0.39, 0.29) is 17.6 Å². The minimum absolute atomic E-state index is 0.0723. The largest absolute Gasteiger partial charge is 0.294 e. The first-order valence-corrected chi connectivity index (χ1v) is 9.94. The van der Waals surface area contributed by atoms with Crippen LogP contribution in [0.2, 0.25) is 0 Å². The third-order valence-electron chi connectivity index (χ3n) is 5.63. The highest BCUT2D eigenvalue weighted by Crippen LogP contribution is 2.40. The van der Waals surface area contributed by atoms with Gasteiger partial charge in [-0.2, -0.15) is 0 Å². The van der Waals surface area contributed by atoms with Gasteiger partial charge in [-0.05, 0) is 43.9 Å². The number of carbonyl (C=O) groups is 2. The molecule has 1 aliphatic heterocycles. The molecule has 0 saturated carbocycles. The summed E-state index contributed by atoms with van der Waals surface area (Å²) in [5.74, 6) is 0.117. The van der Waals surface area contributed by atoms with Crippen LogP contribution < -0.4 is 4.90 Å². The molecule has 4 rings (SSSR count). The fourth-order valence-electron chi connectivity index (χ4n) is 4.32. The van der Waals surface area contributed by atoms with Crippen LogP contribution in [0.15, 0.2) is 65.9 Å². The van der Waals surface area contributed by atoms with Crippen molar-refractivity contribution in [2.45, 2.75) is 39.5 Å². The van der Waals surface area contributed by atoms with E-state index in [1.54, 1.807) is 0 Å². The highest BCUT2D eigenvalue weighted by Gasteiger charge is 2.38. The van der Waals surface area contributed by atoms with Crippen molar-refractivity contribution in [3.8, 4) is 0 Å². The molecule has 0 N–H and O–H groups in total. The van der Waals surface area contributed by atoms with Crippen LogP contribution in [-0.2, 0) is 9.59 Å². The van der Waals surface area contributed by atoms with Gasteiger partial charge < -0.3 is 0 Å². The quantitative estimate of drug-likeness (QED) is 0.727. The van der Waals surface area contributed by atoms with Gasteiger partial charge in [0.2, 0.25) is 5.91 Å². The second kappa shape index (κ2) is 7.59. The highest BCUT2D eigenvalue weighted by atomic mass is 16.2. The average Bonchev–Trinajstić information content (AvgIpc) is 2.68. The second-order valence-corrected chi connectivity index (χ2v) is 7.74. The van der Waals surface area contributed by atoms with Crippen molar-refractivity contribution in [1.82, 2.24) is 0 Å². The third-order valence-corrected chi connectivity index (χ3v) is 5.63. The molecule has 0 bridgehead atoms. The van der Waals surface area contributed by atoms with Crippen LogP contribution in [0, 0.1) is 19.8 Å². The van der Waals surface area contributed by atoms with Crippen LogP contribution >= 0.6 is 0 Å². The first-order valence-electron chi connectivity index (χ1n) is 9.94. The molecule has 0 saturated heterocycles. The summed E-state index contributed by atoms with van der Waals surface area (Å²) >= 11 is 0. The van der Waals surface area contributed by atoms with Crippen molar-refractivity contribution >= 4 is 23.5 Å². The van der Waals surface area contributed by atoms with Crippen molar-refractivity contribution in [3.63, 3.8) is 0 Å². The monoisotopic (exact) mass is 371 g/mol. The normalized spacial score (nSPS) is 20.1. The SMILES string of the molecule is Cc1ccc(N2C(=O)CC(/C=C/c3ccccc3)C3=C2CCCC3=O)c(C)c1. The van der Waals surface area contributed by atoms with Gasteiger partial charge >= 0.3 is 0 Å². The molecule has 1 heterocycles. The lowest BCUT2D eigenvalue weighted by Gasteiger charge is -2.38. The molecule has 0 spiro atoms. The summed E-state index contributed by atoms with van der Waals surface area (Å²) < 4.78 is 0. The van der Waals surface area contributed by atoms with Gasteiger partial charge in [0.1, 0.15) is 0 Å². The van der Waals surface area contributed by atoms with Crippen LogP contribution in [0.1, 0.15) is 42.4 Å². The molecule has 0 fully saturated rings. The fourth-order valence-corrected chi connectivity index (χ4v) is 4.32. The molecule has 142 valence electrons. The number of amides is 1. The summed E-state index contributed by atoms with van der Waals surface area (Å²) in [7, 11) is 0. The fraction of sp³-hybridized carbons (Fsp3) is 0.280. The summed E-state index contributed by atoms with van der Waals surface area (Å²) in [5.41, 5.74) is 5.96. The summed E-state index contributed by atoms with van der Waals surface area (Å²) in [4.78, 5) is 27.8. The smallest absolute Gasteiger partial charge is 0.232 e. The molecule has 1 aliphatic carbocycles. The number of rotatable bonds is 3. The Morgan fingerprint density at radius 3 is 2.54 bits per heavy atom. The molecule has 2 aliphatic rings. The predicted octanol–water partition coefficient (Wildman–Crippen LogP) is 5.38. The number of benzene rings is 2. The maximum Gasteiger partial charge on any atom is 0.232 e. The van der Waals surface area contributed by atoms with E-state index in [0.29, 0.717) is 12.8 Å². The van der Waals surface area contributed by atoms with Crippen molar-refractivity contribution < 1.29 is 9.59 Å². The Labute approximate surface area is 166 Å². The van der Waals surface area contributed by atoms with Crippen molar-refractivity contribution in [1.29, 1.82) is 0 Å². The number of ketones is 1. The Kier molecular flexibility index (Phi) is 4.99. The second-order valence-electron chi connectivity index (χ2n) is 7.74. The van der Waals surface area contributed by atoms with Crippen molar-refractivity contribution in [3.05, 3.63) is 82.6 Å². The van der Waals surface area contributed by atoms with Crippen LogP contribution in [0.5, 0.6) is 0 Å². The zero-order valence-corrected chi connectivity index (χ0v) is 16.4. The molecule has 28 heavy (non-hydrogen) atoms. The lowest BCUT2D eigenvalue weighted by Crippen LogP contribution is -2.41. The Morgan fingerprint density at radius 1 is 1.00 bits per heavy atom. The van der Waals surface area contributed by atoms with Crippen LogP contribution in [0.3, 0.4) is 0 Å². The lowest BCUT2D eigenvalue weighted by atomic mass is 9.80. The first kappa shape index (κ1) is 18.4. The number of carbonyl (C=O) groups excluding carboxylic acids is 2. The van der Waals surface area contributed by atoms with E-state index in [4.69, 9.17) is 0 Å². The van der Waals surface area contributed by atoms with E-state index >= 15 is 0 Å². The van der Waals surface area contributed by atoms with Gasteiger partial charge in [0.25, 0.3) is 0 Å². The molecule has 2 aromatic rings. The Morgan fingerprint density at radius 2 is 1.79 bits per heavy atom. The predicted molar refractivity (Wildman–Crippen MR) is 113 cm³/mol. The number of hydrogen-bond donors (Lipinski definition) is 0. The first-order chi connectivity index (χ1) is 13.5. The third kappa shape index (κ3) is 3.45. The summed E-state index contributed by atoms with van der Waals surface area (Å²) in [5, 5.41) is 0. The summed E-state index contributed by atoms with van der Waals surface area (Å²) in [6, 6.07) is 16.1. The van der Waals surface area contributed by atoms with E-state index < -0.39 is 0 Å². The number of nitrogens with zero attached hydrogens (tertiary/aromatic N) is 1. The van der Waals surface area contributed by atoms with E-state index in [2.05, 4.69) is 6.07 Å². The maximum absolute atomic E-state index is 13.2. The number of hydrogen-bond acceptors (Lipinski definition) is 2. The van der Waals surface area contributed by atoms with Gasteiger partial charge in [0.05, 0.1) is 5.69 Å². The van der Waals surface area contributed by atoms with Crippen LogP contribution in [-0.4, -0.2) is 11.7 Å². The van der Waals surface area contributed by atoms with E-state index in [9.17, 15) is 9.59 Å². The van der Waals surface area contributed by atoms with Crippen molar-refractivity contribution in [2.75, 3.05) is 4.90 Å². The standard InChI is InChI=1S/C25H25NO2/c1-17-11-14-21(18(2)15-17)26-22-9-6-10-23(27)25(22)20(16-24(26)28)13-12-19-7-4-3-5-8-19/h3-5,7-8,11-15,20H,6,9-10,16H2,1-2H3/b13-12+. The van der Waals surface area contributed by atoms with Gasteiger partial charge in [-0.1, -0.05) is 60.2 Å². The zero-order chi connectivity index (χ0) is 19.7. The molecule has 0 radical (unpaired) electrons. The molecule has 3 heteroatoms. The maximum atomic E-state index is 13.2. The van der Waals surface area contributed by atoms with Crippen molar-refractivity contribution in [2.24, 2.45) is 5.92 Å². The minimum Gasteiger partial charge on any atom is -0.294 e. The molecule has 1 atom stereocenters. The molecule has 1 unspecified atom stereocenters. The molecule has 2 aromatic carbocycles. The molecule has 0 aromatic heterocycles. The summed E-state index contributed by atoms with van der Waals surface area (Å²) in [6.07, 6.45) is 6.55. The highest BCUT2D eigenvalue weighted by molar-refractivity contribution is 6.07. The lowest BCUT2D eigenvalue weighted by molar-refractivity contribution is -0.120. The van der Waals surface area contributed by atoms with E-state index in [1.165, 1.54) is 5.56 Å². The van der Waals surface area contributed by atoms with E-state index in [1.807, 2.05) is 73.4 Å². The van der Waals surface area contributed by atoms with Crippen LogP contribution in [0.4, 0.5) is 5.69 Å². The Bertz CT molecular complexity index is 985. The average molecular weight is 371 g/mol. The van der Waals surface area contributed by atoms with Gasteiger partial charge in [0.15, 0.2) is 5.78 Å². The van der Waals surface area contributed by atoms with Gasteiger partial charge in [-0.25, -0.2) is 0 Å². The minimum atomic E-state index is -0.141. The molecule has 3 nitrogen and oxygen atoms in total. The van der Waals surface area contributed by atoms with Gasteiger partial charge in [0, 0.05) is 30.0 Å². The van der Waals surface area contributed by atoms with E-state index in [0.717, 1.165) is 40.9 Å². The molecular formula is C25H25NO2. The summed E-state index contributed by atoms with van der Waals surface area (Å²) in [6.45, 7) is 4.08. The molecule has 1 amide bonds. The Balaban J connectivity index is 1.77. The number of Topliss-reactive ketones (excluding diaryl/α,β-unsaturated/α-hetero) is 1.